The number of fused-ring (bicyclic) bond motifs is 4. The first-order valence-corrected chi connectivity index (χ1v) is 12.5. The van der Waals surface area contributed by atoms with Crippen LogP contribution < -0.4 is 5.56 Å². The molecule has 160 valence electrons. The number of benzene rings is 1. The van der Waals surface area contributed by atoms with Crippen molar-refractivity contribution in [3.63, 3.8) is 0 Å². The number of imide groups is 1. The maximum absolute atomic E-state index is 13.0. The first-order valence-electron chi connectivity index (χ1n) is 10.7. The Kier molecular flexibility index (Phi) is 5.44. The largest absolute Gasteiger partial charge is 0.290 e. The average Bonchev–Trinajstić information content (AvgIpc) is 3.27. The van der Waals surface area contributed by atoms with Crippen LogP contribution in [-0.4, -0.2) is 38.6 Å². The third kappa shape index (κ3) is 3.51. The molecule has 2 aliphatic rings. The van der Waals surface area contributed by atoms with Crippen LogP contribution in [0.4, 0.5) is 0 Å². The molecule has 0 atom stereocenters. The highest BCUT2D eigenvalue weighted by atomic mass is 32.2. The normalized spacial score (nSPS) is 15.6. The van der Waals surface area contributed by atoms with Crippen molar-refractivity contribution >= 4 is 45.1 Å². The van der Waals surface area contributed by atoms with Gasteiger partial charge in [-0.2, -0.15) is 0 Å². The molecular weight excluding hydrogens is 430 g/mol. The topological polar surface area (TPSA) is 72.3 Å². The lowest BCUT2D eigenvalue weighted by Gasteiger charge is -2.13. The van der Waals surface area contributed by atoms with Gasteiger partial charge in [-0.15, -0.1) is 11.3 Å². The zero-order valence-corrected chi connectivity index (χ0v) is 19.0. The van der Waals surface area contributed by atoms with E-state index in [4.69, 9.17) is 4.98 Å². The SMILES string of the molecule is Cn1c(SCCCCN2C(=O)c3ccccc3C2=O)nc2sc3c(c2c1=O)CCCC3. The molecular formula is C23H23N3O3S2. The summed E-state index contributed by atoms with van der Waals surface area (Å²) in [5.74, 6) is 0.369. The Labute approximate surface area is 188 Å². The summed E-state index contributed by atoms with van der Waals surface area (Å²) in [6.07, 6.45) is 5.92. The number of carbonyl (C=O) groups is 2. The zero-order valence-electron chi connectivity index (χ0n) is 17.3. The van der Waals surface area contributed by atoms with Gasteiger partial charge in [0, 0.05) is 24.2 Å². The monoisotopic (exact) mass is 453 g/mol. The van der Waals surface area contributed by atoms with Crippen LogP contribution >= 0.6 is 23.1 Å². The molecule has 3 aromatic rings. The molecule has 8 heteroatoms. The first kappa shape index (κ1) is 20.5. The molecule has 0 saturated carbocycles. The summed E-state index contributed by atoms with van der Waals surface area (Å²) in [7, 11) is 1.79. The molecule has 0 radical (unpaired) electrons. The van der Waals surface area contributed by atoms with E-state index < -0.39 is 0 Å². The van der Waals surface area contributed by atoms with Crippen molar-refractivity contribution in [1.82, 2.24) is 14.5 Å². The fraction of sp³-hybridized carbons (Fsp3) is 0.391. The van der Waals surface area contributed by atoms with E-state index in [1.54, 1.807) is 59.0 Å². The molecule has 0 bridgehead atoms. The Morgan fingerprint density at radius 2 is 1.74 bits per heavy atom. The average molecular weight is 454 g/mol. The van der Waals surface area contributed by atoms with Crippen LogP contribution in [0.3, 0.4) is 0 Å². The maximum Gasteiger partial charge on any atom is 0.262 e. The lowest BCUT2D eigenvalue weighted by molar-refractivity contribution is 0.0652. The van der Waals surface area contributed by atoms with Crippen LogP contribution in [0.15, 0.2) is 34.2 Å². The number of carbonyl (C=O) groups excluding carboxylic acids is 2. The number of aromatic nitrogens is 2. The fourth-order valence-electron chi connectivity index (χ4n) is 4.37. The molecule has 31 heavy (non-hydrogen) atoms. The molecule has 0 saturated heterocycles. The maximum atomic E-state index is 13.0. The highest BCUT2D eigenvalue weighted by molar-refractivity contribution is 7.99. The van der Waals surface area contributed by atoms with Gasteiger partial charge in [0.2, 0.25) is 0 Å². The molecule has 0 spiro atoms. The van der Waals surface area contributed by atoms with E-state index in [1.807, 2.05) is 0 Å². The van der Waals surface area contributed by atoms with E-state index >= 15 is 0 Å². The lowest BCUT2D eigenvalue weighted by Crippen LogP contribution is -2.30. The van der Waals surface area contributed by atoms with Crippen LogP contribution in [0.5, 0.6) is 0 Å². The Hall–Kier alpha value is -2.45. The number of amides is 2. The van der Waals surface area contributed by atoms with Gasteiger partial charge in [0.05, 0.1) is 16.5 Å². The van der Waals surface area contributed by atoms with E-state index in [0.717, 1.165) is 53.2 Å². The number of aryl methyl sites for hydroxylation is 2. The Balaban J connectivity index is 1.22. The molecule has 3 heterocycles. The summed E-state index contributed by atoms with van der Waals surface area (Å²) in [6.45, 7) is 0.413. The molecule has 1 aliphatic carbocycles. The minimum absolute atomic E-state index is 0.0536. The van der Waals surface area contributed by atoms with Gasteiger partial charge < -0.3 is 0 Å². The summed E-state index contributed by atoms with van der Waals surface area (Å²) < 4.78 is 1.67. The smallest absolute Gasteiger partial charge is 0.262 e. The van der Waals surface area contributed by atoms with E-state index in [0.29, 0.717) is 17.7 Å². The Bertz CT molecular complexity index is 1230. The summed E-state index contributed by atoms with van der Waals surface area (Å²) in [5.41, 5.74) is 2.26. The molecule has 6 nitrogen and oxygen atoms in total. The second kappa shape index (κ2) is 8.24. The molecule has 0 N–H and O–H groups in total. The fourth-order valence-corrected chi connectivity index (χ4v) is 6.65. The van der Waals surface area contributed by atoms with Crippen LogP contribution in [0, 0.1) is 0 Å². The summed E-state index contributed by atoms with van der Waals surface area (Å²) in [5, 5.41) is 1.55. The third-order valence-electron chi connectivity index (χ3n) is 6.04. The van der Waals surface area contributed by atoms with Crippen molar-refractivity contribution in [3.05, 3.63) is 56.2 Å². The number of thioether (sulfide) groups is 1. The quantitative estimate of drug-likeness (QED) is 0.244. The van der Waals surface area contributed by atoms with Crippen LogP contribution in [0.1, 0.15) is 56.8 Å². The molecule has 2 aromatic heterocycles. The molecule has 0 fully saturated rings. The number of hydrogen-bond acceptors (Lipinski definition) is 6. The molecule has 5 rings (SSSR count). The molecule has 1 aromatic carbocycles. The summed E-state index contributed by atoms with van der Waals surface area (Å²) >= 11 is 3.24. The number of thiophene rings is 1. The summed E-state index contributed by atoms with van der Waals surface area (Å²) in [4.78, 5) is 46.2. The van der Waals surface area contributed by atoms with Crippen LogP contribution in [0.2, 0.25) is 0 Å². The highest BCUT2D eigenvalue weighted by Crippen LogP contribution is 2.34. The second-order valence-corrected chi connectivity index (χ2v) is 10.2. The Morgan fingerprint density at radius 3 is 2.48 bits per heavy atom. The Morgan fingerprint density at radius 1 is 1.03 bits per heavy atom. The van der Waals surface area contributed by atoms with Crippen molar-refractivity contribution in [2.45, 2.75) is 43.7 Å². The van der Waals surface area contributed by atoms with Gasteiger partial charge in [-0.25, -0.2) is 4.98 Å². The van der Waals surface area contributed by atoms with Crippen LogP contribution in [-0.2, 0) is 19.9 Å². The standard InChI is InChI=1S/C23H23N3O3S2/c1-25-22(29)18-16-10-4-5-11-17(16)31-19(18)24-23(25)30-13-7-6-12-26-20(27)14-8-2-3-9-15(14)21(26)28/h2-3,8-9H,4-7,10-13H2,1H3. The van der Waals surface area contributed by atoms with Gasteiger partial charge in [0.25, 0.3) is 17.4 Å². The second-order valence-electron chi connectivity index (χ2n) is 8.01. The van der Waals surface area contributed by atoms with Gasteiger partial charge in [-0.3, -0.25) is 23.9 Å². The van der Waals surface area contributed by atoms with Crippen molar-refractivity contribution in [2.75, 3.05) is 12.3 Å². The molecule has 1 aliphatic heterocycles. The van der Waals surface area contributed by atoms with E-state index in [9.17, 15) is 14.4 Å². The van der Waals surface area contributed by atoms with Gasteiger partial charge in [0.15, 0.2) is 5.16 Å². The summed E-state index contributed by atoms with van der Waals surface area (Å²) in [6, 6.07) is 6.97. The lowest BCUT2D eigenvalue weighted by atomic mass is 9.97. The predicted molar refractivity (Wildman–Crippen MR) is 123 cm³/mol. The minimum atomic E-state index is -0.204. The van der Waals surface area contributed by atoms with Gasteiger partial charge in [0.1, 0.15) is 4.83 Å². The number of hydrogen-bond donors (Lipinski definition) is 0. The van der Waals surface area contributed by atoms with E-state index in [1.165, 1.54) is 21.8 Å². The predicted octanol–water partition coefficient (Wildman–Crippen LogP) is 4.04. The number of nitrogens with zero attached hydrogens (tertiary/aromatic N) is 3. The van der Waals surface area contributed by atoms with Crippen LogP contribution in [0.25, 0.3) is 10.2 Å². The zero-order chi connectivity index (χ0) is 21.5. The van der Waals surface area contributed by atoms with Gasteiger partial charge in [-0.1, -0.05) is 23.9 Å². The number of rotatable bonds is 6. The van der Waals surface area contributed by atoms with Crippen molar-refractivity contribution in [3.8, 4) is 0 Å². The van der Waals surface area contributed by atoms with E-state index in [-0.39, 0.29) is 17.4 Å². The van der Waals surface area contributed by atoms with Crippen molar-refractivity contribution in [1.29, 1.82) is 0 Å². The minimum Gasteiger partial charge on any atom is -0.290 e. The van der Waals surface area contributed by atoms with Crippen molar-refractivity contribution in [2.24, 2.45) is 7.05 Å². The third-order valence-corrected chi connectivity index (χ3v) is 8.34. The van der Waals surface area contributed by atoms with Crippen molar-refractivity contribution < 1.29 is 9.59 Å². The first-order chi connectivity index (χ1) is 15.1. The van der Waals surface area contributed by atoms with E-state index in [2.05, 4.69) is 0 Å². The molecule has 2 amide bonds. The van der Waals surface area contributed by atoms with Gasteiger partial charge in [-0.05, 0) is 56.2 Å². The molecule has 0 unspecified atom stereocenters. The number of unbranched alkanes of at least 4 members (excludes halogenated alkanes) is 1. The highest BCUT2D eigenvalue weighted by Gasteiger charge is 2.34. The van der Waals surface area contributed by atoms with Gasteiger partial charge >= 0.3 is 0 Å².